The molecule has 168 valence electrons. The van der Waals surface area contributed by atoms with E-state index in [0.29, 0.717) is 34.2 Å². The van der Waals surface area contributed by atoms with Crippen LogP contribution in [0.25, 0.3) is 16.8 Å². The third-order valence-corrected chi connectivity index (χ3v) is 7.30. The fourth-order valence-corrected chi connectivity index (χ4v) is 5.41. The quantitative estimate of drug-likeness (QED) is 0.259. The first-order valence-electron chi connectivity index (χ1n) is 10.3. The first-order valence-corrected chi connectivity index (χ1v) is 13.9. The Labute approximate surface area is 200 Å². The van der Waals surface area contributed by atoms with Crippen molar-refractivity contribution in [2.75, 3.05) is 0 Å². The molecule has 2 aromatic carbocycles. The standard InChI is InChI=1S/C23H20ClN5O2S2/c1-3-6-21-20(22-27-23(32-33(24,30)31)28-29(22)15(2)26-21)13-16-9-11-17(12-10-16)19-8-5-4-7-18(19)14-25/h4-5,7-12H,3,6,13H2,1-2H3. The Morgan fingerprint density at radius 1 is 1.12 bits per heavy atom. The summed E-state index contributed by atoms with van der Waals surface area (Å²) in [5.74, 6) is 0.631. The maximum atomic E-state index is 11.5. The zero-order valence-electron chi connectivity index (χ0n) is 18.0. The molecular formula is C23H20ClN5O2S2. The highest BCUT2D eigenvalue weighted by Gasteiger charge is 2.20. The molecule has 33 heavy (non-hydrogen) atoms. The molecule has 4 rings (SSSR count). The largest absolute Gasteiger partial charge is 0.292 e. The summed E-state index contributed by atoms with van der Waals surface area (Å²) in [6.45, 7) is 3.90. The second-order valence-electron chi connectivity index (χ2n) is 7.47. The molecule has 0 saturated carbocycles. The first-order chi connectivity index (χ1) is 15.8. The topological polar surface area (TPSA) is 101 Å². The van der Waals surface area contributed by atoms with E-state index in [0.717, 1.165) is 40.8 Å². The number of rotatable bonds is 7. The van der Waals surface area contributed by atoms with Crippen LogP contribution in [0.3, 0.4) is 0 Å². The fraction of sp³-hybridized carbons (Fsp3) is 0.217. The Hall–Kier alpha value is -2.93. The maximum absolute atomic E-state index is 11.5. The molecule has 7 nitrogen and oxygen atoms in total. The molecule has 0 aliphatic heterocycles. The van der Waals surface area contributed by atoms with E-state index < -0.39 is 8.08 Å². The molecule has 0 atom stereocenters. The summed E-state index contributed by atoms with van der Waals surface area (Å²) in [4.78, 5) is 9.18. The smallest absolute Gasteiger partial charge is 0.238 e. The lowest BCUT2D eigenvalue weighted by Crippen LogP contribution is -2.08. The average Bonchev–Trinajstić information content (AvgIpc) is 3.19. The summed E-state index contributed by atoms with van der Waals surface area (Å²) < 4.78 is 24.6. The van der Waals surface area contributed by atoms with Crippen LogP contribution in [0.2, 0.25) is 0 Å². The lowest BCUT2D eigenvalue weighted by molar-refractivity contribution is 0.622. The van der Waals surface area contributed by atoms with Crippen molar-refractivity contribution in [2.45, 2.75) is 38.3 Å². The minimum Gasteiger partial charge on any atom is -0.238 e. The van der Waals surface area contributed by atoms with Crippen molar-refractivity contribution in [3.05, 3.63) is 76.7 Å². The summed E-state index contributed by atoms with van der Waals surface area (Å²) in [6, 6.07) is 17.8. The van der Waals surface area contributed by atoms with Crippen molar-refractivity contribution in [1.29, 1.82) is 5.26 Å². The van der Waals surface area contributed by atoms with E-state index in [4.69, 9.17) is 15.7 Å². The Balaban J connectivity index is 1.75. The predicted molar refractivity (Wildman–Crippen MR) is 130 cm³/mol. The van der Waals surface area contributed by atoms with E-state index in [1.165, 1.54) is 0 Å². The zero-order chi connectivity index (χ0) is 23.6. The molecule has 0 radical (unpaired) electrons. The first kappa shape index (κ1) is 23.2. The Morgan fingerprint density at radius 3 is 2.52 bits per heavy atom. The van der Waals surface area contributed by atoms with Crippen molar-refractivity contribution >= 4 is 35.2 Å². The van der Waals surface area contributed by atoms with Crippen LogP contribution in [0.5, 0.6) is 0 Å². The number of benzene rings is 2. The summed E-state index contributed by atoms with van der Waals surface area (Å²) in [5, 5.41) is 13.7. The van der Waals surface area contributed by atoms with Gasteiger partial charge in [-0.25, -0.2) is 9.97 Å². The predicted octanol–water partition coefficient (Wildman–Crippen LogP) is 5.09. The van der Waals surface area contributed by atoms with Crippen molar-refractivity contribution < 1.29 is 8.42 Å². The number of hydrogen-bond acceptors (Lipinski definition) is 7. The molecule has 10 heteroatoms. The fourth-order valence-electron chi connectivity index (χ4n) is 3.74. The number of aryl methyl sites for hydroxylation is 2. The van der Waals surface area contributed by atoms with Crippen molar-refractivity contribution in [3.63, 3.8) is 0 Å². The lowest BCUT2D eigenvalue weighted by Gasteiger charge is -2.12. The molecule has 2 heterocycles. The van der Waals surface area contributed by atoms with Gasteiger partial charge in [-0.2, -0.15) is 18.2 Å². The molecule has 0 aliphatic carbocycles. The maximum Gasteiger partial charge on any atom is 0.292 e. The molecule has 2 aromatic heterocycles. The third-order valence-electron chi connectivity index (χ3n) is 5.16. The van der Waals surface area contributed by atoms with Crippen molar-refractivity contribution in [2.24, 2.45) is 0 Å². The van der Waals surface area contributed by atoms with Gasteiger partial charge in [-0.15, -0.1) is 5.10 Å². The van der Waals surface area contributed by atoms with E-state index in [9.17, 15) is 13.7 Å². The number of nitrogens with zero attached hydrogens (tertiary/aromatic N) is 5. The molecule has 0 bridgehead atoms. The van der Waals surface area contributed by atoms with Crippen LogP contribution in [0.1, 0.15) is 41.6 Å². The molecule has 0 spiro atoms. The van der Waals surface area contributed by atoms with Gasteiger partial charge in [-0.1, -0.05) is 55.8 Å². The lowest BCUT2D eigenvalue weighted by atomic mass is 9.97. The van der Waals surface area contributed by atoms with Crippen molar-refractivity contribution in [3.8, 4) is 17.2 Å². The zero-order valence-corrected chi connectivity index (χ0v) is 20.4. The second kappa shape index (κ2) is 9.51. The van der Waals surface area contributed by atoms with Gasteiger partial charge in [0.05, 0.1) is 22.4 Å². The highest BCUT2D eigenvalue weighted by molar-refractivity contribution is 8.80. The van der Waals surface area contributed by atoms with Crippen LogP contribution in [0.4, 0.5) is 0 Å². The van der Waals surface area contributed by atoms with E-state index in [1.54, 1.807) is 10.6 Å². The van der Waals surface area contributed by atoms with E-state index in [2.05, 4.69) is 23.1 Å². The number of aromatic nitrogens is 4. The van der Waals surface area contributed by atoms with Crippen molar-refractivity contribution in [1.82, 2.24) is 19.6 Å². The number of hydrogen-bond donors (Lipinski definition) is 0. The van der Waals surface area contributed by atoms with Crippen LogP contribution in [-0.2, 0) is 20.9 Å². The van der Waals surface area contributed by atoms with Gasteiger partial charge >= 0.3 is 0 Å². The van der Waals surface area contributed by atoms with Gasteiger partial charge < -0.3 is 0 Å². The molecule has 0 amide bonds. The minimum atomic E-state index is -3.86. The monoisotopic (exact) mass is 497 g/mol. The van der Waals surface area contributed by atoms with Gasteiger partial charge in [0, 0.05) is 28.4 Å². The van der Waals surface area contributed by atoms with Gasteiger partial charge in [-0.05, 0) is 36.1 Å². The van der Waals surface area contributed by atoms with Gasteiger partial charge in [0.25, 0.3) is 8.08 Å². The Kier molecular flexibility index (Phi) is 6.70. The highest BCUT2D eigenvalue weighted by Crippen LogP contribution is 2.29. The SMILES string of the molecule is CCCc1nc(C)n2nc(SS(=O)(=O)Cl)nc2c1Cc1ccc(-c2ccccc2C#N)cc1. The van der Waals surface area contributed by atoms with Crippen LogP contribution in [0.15, 0.2) is 53.7 Å². The molecule has 0 saturated heterocycles. The Bertz CT molecular complexity index is 1480. The number of nitriles is 1. The molecular weight excluding hydrogens is 478 g/mol. The molecule has 4 aromatic rings. The summed E-state index contributed by atoms with van der Waals surface area (Å²) >= 11 is 0. The normalized spacial score (nSPS) is 11.6. The van der Waals surface area contributed by atoms with Crippen LogP contribution in [-0.4, -0.2) is 28.0 Å². The summed E-state index contributed by atoms with van der Waals surface area (Å²) in [7, 11) is 1.94. The average molecular weight is 498 g/mol. The van der Waals surface area contributed by atoms with E-state index in [-0.39, 0.29) is 5.16 Å². The van der Waals surface area contributed by atoms with E-state index >= 15 is 0 Å². The molecule has 0 fully saturated rings. The molecule has 0 N–H and O–H groups in total. The summed E-state index contributed by atoms with van der Waals surface area (Å²) in [6.07, 6.45) is 2.23. The third kappa shape index (κ3) is 5.19. The van der Waals surface area contributed by atoms with Gasteiger partial charge in [0.1, 0.15) is 5.82 Å². The van der Waals surface area contributed by atoms with Gasteiger partial charge in [-0.3, -0.25) is 0 Å². The van der Waals surface area contributed by atoms with Gasteiger partial charge in [0.2, 0.25) is 5.16 Å². The molecule has 0 unspecified atom stereocenters. The summed E-state index contributed by atoms with van der Waals surface area (Å²) in [5.41, 5.74) is 5.91. The molecule has 0 aliphatic rings. The Morgan fingerprint density at radius 2 is 1.85 bits per heavy atom. The van der Waals surface area contributed by atoms with Crippen LogP contribution >= 0.6 is 21.5 Å². The van der Waals surface area contributed by atoms with Crippen LogP contribution < -0.4 is 0 Å². The number of fused-ring (bicyclic) bond motifs is 1. The highest BCUT2D eigenvalue weighted by atomic mass is 35.8. The number of halogens is 1. The van der Waals surface area contributed by atoms with E-state index in [1.807, 2.05) is 49.4 Å². The second-order valence-corrected chi connectivity index (χ2v) is 12.4. The van der Waals surface area contributed by atoms with Crippen LogP contribution in [0, 0.1) is 18.3 Å². The minimum absolute atomic E-state index is 0.0632. The van der Waals surface area contributed by atoms with Gasteiger partial charge in [0.15, 0.2) is 5.65 Å².